The molecule has 0 aliphatic heterocycles. The van der Waals surface area contributed by atoms with Crippen molar-refractivity contribution in [2.24, 2.45) is 0 Å². The maximum absolute atomic E-state index is 5.88. The van der Waals surface area contributed by atoms with Crippen molar-refractivity contribution in [3.63, 3.8) is 0 Å². The van der Waals surface area contributed by atoms with Crippen LogP contribution in [0.5, 0.6) is 0 Å². The number of thioether (sulfide) groups is 1. The summed E-state index contributed by atoms with van der Waals surface area (Å²) in [4.78, 5) is 5.48. The van der Waals surface area contributed by atoms with Crippen molar-refractivity contribution in [2.45, 2.75) is 4.90 Å². The van der Waals surface area contributed by atoms with Crippen LogP contribution in [0.1, 0.15) is 0 Å². The summed E-state index contributed by atoms with van der Waals surface area (Å²) in [6, 6.07) is 7.82. The molecule has 0 amide bonds. The molecule has 66 valence electrons. The molecule has 1 aromatic carbocycles. The summed E-state index contributed by atoms with van der Waals surface area (Å²) in [5, 5.41) is 1.85. The van der Waals surface area contributed by atoms with Gasteiger partial charge in [-0.2, -0.15) is 0 Å². The fraction of sp³-hybridized carbons (Fsp3) is 0.100. The third-order valence-electron chi connectivity index (χ3n) is 1.85. The van der Waals surface area contributed by atoms with Crippen molar-refractivity contribution in [3.8, 4) is 0 Å². The molecule has 1 nitrogen and oxygen atoms in total. The highest BCUT2D eigenvalue weighted by Gasteiger charge is 1.97. The zero-order chi connectivity index (χ0) is 9.26. The number of hydrogen-bond acceptors (Lipinski definition) is 2. The zero-order valence-electron chi connectivity index (χ0n) is 7.12. The van der Waals surface area contributed by atoms with Crippen LogP contribution in [0.4, 0.5) is 0 Å². The summed E-state index contributed by atoms with van der Waals surface area (Å²) in [5.74, 6) is 0. The lowest BCUT2D eigenvalue weighted by atomic mass is 10.2. The summed E-state index contributed by atoms with van der Waals surface area (Å²) in [6.07, 6.45) is 3.91. The van der Waals surface area contributed by atoms with Gasteiger partial charge in [-0.3, -0.25) is 4.98 Å². The first kappa shape index (κ1) is 8.85. The predicted octanol–water partition coefficient (Wildman–Crippen LogP) is 3.61. The van der Waals surface area contributed by atoms with Gasteiger partial charge in [0.15, 0.2) is 0 Å². The first-order chi connectivity index (χ1) is 6.29. The minimum Gasteiger partial charge on any atom is -0.255 e. The Morgan fingerprint density at radius 3 is 2.92 bits per heavy atom. The van der Waals surface area contributed by atoms with E-state index in [9.17, 15) is 0 Å². The van der Waals surface area contributed by atoms with E-state index in [1.165, 1.54) is 0 Å². The van der Waals surface area contributed by atoms with Crippen LogP contribution in [0.15, 0.2) is 35.4 Å². The molecule has 1 heterocycles. The molecule has 3 heteroatoms. The molecule has 13 heavy (non-hydrogen) atoms. The number of rotatable bonds is 1. The van der Waals surface area contributed by atoms with Gasteiger partial charge in [0, 0.05) is 21.5 Å². The SMILES string of the molecule is CSc1cnc2ccc(Cl)cc2c1. The van der Waals surface area contributed by atoms with Gasteiger partial charge in [0.05, 0.1) is 5.52 Å². The van der Waals surface area contributed by atoms with Crippen LogP contribution in [-0.4, -0.2) is 11.2 Å². The van der Waals surface area contributed by atoms with Crippen LogP contribution < -0.4 is 0 Å². The topological polar surface area (TPSA) is 12.9 Å². The lowest BCUT2D eigenvalue weighted by Gasteiger charge is -1.99. The second-order valence-electron chi connectivity index (χ2n) is 2.71. The molecule has 2 rings (SSSR count). The lowest BCUT2D eigenvalue weighted by Crippen LogP contribution is -1.79. The van der Waals surface area contributed by atoms with E-state index >= 15 is 0 Å². The fourth-order valence-corrected chi connectivity index (χ4v) is 1.78. The maximum atomic E-state index is 5.88. The van der Waals surface area contributed by atoms with Crippen molar-refractivity contribution in [1.82, 2.24) is 4.98 Å². The Bertz CT molecular complexity index is 442. The van der Waals surface area contributed by atoms with Gasteiger partial charge in [-0.1, -0.05) is 11.6 Å². The molecule has 0 radical (unpaired) electrons. The number of nitrogens with zero attached hydrogens (tertiary/aromatic N) is 1. The average Bonchev–Trinajstić information content (AvgIpc) is 2.16. The first-order valence-electron chi connectivity index (χ1n) is 3.89. The van der Waals surface area contributed by atoms with Crippen LogP contribution in [0.25, 0.3) is 10.9 Å². The number of hydrogen-bond donors (Lipinski definition) is 0. The van der Waals surface area contributed by atoms with E-state index in [2.05, 4.69) is 11.1 Å². The van der Waals surface area contributed by atoms with Gasteiger partial charge in [-0.05, 0) is 30.5 Å². The Hall–Kier alpha value is -0.730. The van der Waals surface area contributed by atoms with Crippen LogP contribution in [0.2, 0.25) is 5.02 Å². The van der Waals surface area contributed by atoms with E-state index in [0.717, 1.165) is 20.8 Å². The highest BCUT2D eigenvalue weighted by molar-refractivity contribution is 7.98. The minimum absolute atomic E-state index is 0.757. The third-order valence-corrected chi connectivity index (χ3v) is 2.78. The Labute approximate surface area is 86.1 Å². The summed E-state index contributed by atoms with van der Waals surface area (Å²) < 4.78 is 0. The van der Waals surface area contributed by atoms with E-state index in [-0.39, 0.29) is 0 Å². The van der Waals surface area contributed by atoms with Gasteiger partial charge < -0.3 is 0 Å². The standard InChI is InChI=1S/C10H8ClNS/c1-13-9-5-7-4-8(11)2-3-10(7)12-6-9/h2-6H,1H3. The highest BCUT2D eigenvalue weighted by Crippen LogP contribution is 2.22. The molecule has 1 aromatic heterocycles. The van der Waals surface area contributed by atoms with E-state index in [1.807, 2.05) is 30.7 Å². The Morgan fingerprint density at radius 2 is 2.15 bits per heavy atom. The lowest BCUT2D eigenvalue weighted by molar-refractivity contribution is 1.31. The molecule has 0 bridgehead atoms. The van der Waals surface area contributed by atoms with E-state index in [1.54, 1.807) is 11.8 Å². The molecule has 0 aliphatic rings. The molecular weight excluding hydrogens is 202 g/mol. The number of halogens is 1. The molecule has 0 atom stereocenters. The van der Waals surface area contributed by atoms with E-state index in [0.29, 0.717) is 0 Å². The van der Waals surface area contributed by atoms with Gasteiger partial charge in [0.1, 0.15) is 0 Å². The van der Waals surface area contributed by atoms with Crippen molar-refractivity contribution in [3.05, 3.63) is 35.5 Å². The molecule has 0 fully saturated rings. The second-order valence-corrected chi connectivity index (χ2v) is 4.03. The predicted molar refractivity (Wildman–Crippen MR) is 58.5 cm³/mol. The van der Waals surface area contributed by atoms with Crippen LogP contribution in [0.3, 0.4) is 0 Å². The van der Waals surface area contributed by atoms with Crippen LogP contribution in [-0.2, 0) is 0 Å². The third kappa shape index (κ3) is 1.79. The second kappa shape index (κ2) is 3.56. The molecule has 0 aliphatic carbocycles. The van der Waals surface area contributed by atoms with Crippen molar-refractivity contribution in [1.29, 1.82) is 0 Å². The number of aromatic nitrogens is 1. The number of pyridine rings is 1. The summed E-state index contributed by atoms with van der Waals surface area (Å²) in [5.41, 5.74) is 0.988. The summed E-state index contributed by atoms with van der Waals surface area (Å²) in [7, 11) is 0. The van der Waals surface area contributed by atoms with Gasteiger partial charge >= 0.3 is 0 Å². The van der Waals surface area contributed by atoms with Crippen LogP contribution in [0, 0.1) is 0 Å². The van der Waals surface area contributed by atoms with Gasteiger partial charge in [-0.25, -0.2) is 0 Å². The molecule has 2 aromatic rings. The van der Waals surface area contributed by atoms with Gasteiger partial charge in [0.2, 0.25) is 0 Å². The highest BCUT2D eigenvalue weighted by atomic mass is 35.5. The normalized spacial score (nSPS) is 10.6. The molecule has 0 N–H and O–H groups in total. The monoisotopic (exact) mass is 209 g/mol. The smallest absolute Gasteiger partial charge is 0.0703 e. The number of fused-ring (bicyclic) bond motifs is 1. The molecule has 0 saturated carbocycles. The quantitative estimate of drug-likeness (QED) is 0.666. The number of benzene rings is 1. The molecular formula is C10H8ClNS. The largest absolute Gasteiger partial charge is 0.255 e. The summed E-state index contributed by atoms with van der Waals surface area (Å²) in [6.45, 7) is 0. The maximum Gasteiger partial charge on any atom is 0.0703 e. The molecule has 0 spiro atoms. The molecule has 0 saturated heterocycles. The Morgan fingerprint density at radius 1 is 1.31 bits per heavy atom. The average molecular weight is 210 g/mol. The van der Waals surface area contributed by atoms with Crippen molar-refractivity contribution in [2.75, 3.05) is 6.26 Å². The van der Waals surface area contributed by atoms with E-state index in [4.69, 9.17) is 11.6 Å². The fourth-order valence-electron chi connectivity index (χ4n) is 1.19. The Kier molecular flexibility index (Phi) is 2.42. The molecule has 0 unspecified atom stereocenters. The first-order valence-corrected chi connectivity index (χ1v) is 5.49. The van der Waals surface area contributed by atoms with E-state index < -0.39 is 0 Å². The minimum atomic E-state index is 0.757. The van der Waals surface area contributed by atoms with Gasteiger partial charge in [-0.15, -0.1) is 11.8 Å². The Balaban J connectivity index is 2.68. The summed E-state index contributed by atoms with van der Waals surface area (Å²) >= 11 is 7.56. The van der Waals surface area contributed by atoms with Crippen LogP contribution >= 0.6 is 23.4 Å². The van der Waals surface area contributed by atoms with Crippen molar-refractivity contribution >= 4 is 34.3 Å². The van der Waals surface area contributed by atoms with Gasteiger partial charge in [0.25, 0.3) is 0 Å². The zero-order valence-corrected chi connectivity index (χ0v) is 8.69. The van der Waals surface area contributed by atoms with Crippen molar-refractivity contribution < 1.29 is 0 Å².